The first-order chi connectivity index (χ1) is 7.49. The van der Waals surface area contributed by atoms with Gasteiger partial charge in [0.15, 0.2) is 0 Å². The molecule has 0 aromatic rings. The summed E-state index contributed by atoms with van der Waals surface area (Å²) in [5.74, 6) is -0.968. The summed E-state index contributed by atoms with van der Waals surface area (Å²) in [7, 11) is 0. The first kappa shape index (κ1) is 20.7. The van der Waals surface area contributed by atoms with Crippen LogP contribution in [-0.4, -0.2) is 64.0 Å². The molecule has 16 heavy (non-hydrogen) atoms. The van der Waals surface area contributed by atoms with Gasteiger partial charge < -0.3 is 31.3 Å². The Morgan fingerprint density at radius 3 is 1.62 bits per heavy atom. The Bertz CT molecular complexity index is 127. The Hall–Kier alpha value is -0.730. The lowest BCUT2D eigenvalue weighted by Gasteiger charge is -1.96. The number of nitrogens with two attached hydrogens (primary N) is 1. The number of hydrogen-bond donors (Lipinski definition) is 6. The maximum Gasteiger partial charge on any atom is 0.317 e. The van der Waals surface area contributed by atoms with Crippen molar-refractivity contribution >= 4 is 5.97 Å². The van der Waals surface area contributed by atoms with Crippen LogP contribution in [0.25, 0.3) is 0 Å². The van der Waals surface area contributed by atoms with Gasteiger partial charge in [-0.05, 0) is 6.42 Å². The fraction of sp³-hybridized carbons (Fsp3) is 0.889. The number of hydrogen-bond acceptors (Lipinski definition) is 6. The molecule has 0 atom stereocenters. The van der Waals surface area contributed by atoms with E-state index in [1.165, 1.54) is 0 Å². The Morgan fingerprint density at radius 1 is 1.25 bits per heavy atom. The number of carbonyl (C=O) groups is 1. The van der Waals surface area contributed by atoms with Gasteiger partial charge in [0.2, 0.25) is 0 Å². The first-order valence-electron chi connectivity index (χ1n) is 4.92. The van der Waals surface area contributed by atoms with E-state index < -0.39 is 12.1 Å². The van der Waals surface area contributed by atoms with E-state index in [-0.39, 0.29) is 19.8 Å². The number of rotatable bonds is 5. The maximum absolute atomic E-state index is 9.24. The van der Waals surface area contributed by atoms with Crippen molar-refractivity contribution in [3.05, 3.63) is 0 Å². The predicted molar refractivity (Wildman–Crippen MR) is 58.9 cm³/mol. The van der Waals surface area contributed by atoms with Crippen molar-refractivity contribution in [3.8, 4) is 0 Å². The van der Waals surface area contributed by atoms with Gasteiger partial charge in [0.1, 0.15) is 6.10 Å². The van der Waals surface area contributed by atoms with Crippen LogP contribution in [0.1, 0.15) is 19.8 Å². The van der Waals surface area contributed by atoms with Gasteiger partial charge in [0.05, 0.1) is 19.8 Å². The van der Waals surface area contributed by atoms with Crippen LogP contribution in [0.2, 0.25) is 0 Å². The third kappa shape index (κ3) is 37.8. The zero-order valence-corrected chi connectivity index (χ0v) is 9.54. The highest BCUT2D eigenvalue weighted by Gasteiger charge is 1.93. The van der Waals surface area contributed by atoms with Gasteiger partial charge in [0.25, 0.3) is 0 Å². The second kappa shape index (κ2) is 19.8. The van der Waals surface area contributed by atoms with E-state index in [0.717, 1.165) is 12.8 Å². The number of aliphatic hydroxyl groups is 4. The van der Waals surface area contributed by atoms with Crippen LogP contribution in [-0.2, 0) is 4.79 Å². The molecule has 0 bridgehead atoms. The van der Waals surface area contributed by atoms with E-state index in [2.05, 4.69) is 12.7 Å². The Morgan fingerprint density at radius 2 is 1.62 bits per heavy atom. The lowest BCUT2D eigenvalue weighted by molar-refractivity contribution is -0.135. The summed E-state index contributed by atoms with van der Waals surface area (Å²) < 4.78 is 0. The molecule has 0 heterocycles. The summed E-state index contributed by atoms with van der Waals surface area (Å²) in [5.41, 5.74) is 4.57. The molecule has 0 amide bonds. The zero-order chi connectivity index (χ0) is 13.4. The minimum atomic E-state index is -0.968. The van der Waals surface area contributed by atoms with Crippen molar-refractivity contribution in [2.45, 2.75) is 25.9 Å². The average molecular weight is 241 g/mol. The fourth-order valence-corrected chi connectivity index (χ4v) is 0.216. The molecule has 0 radical (unpaired) electrons. The molecular weight excluding hydrogens is 218 g/mol. The Kier molecular flexibility index (Phi) is 25.5. The van der Waals surface area contributed by atoms with Crippen LogP contribution in [0.4, 0.5) is 0 Å². The smallest absolute Gasteiger partial charge is 0.317 e. The first-order valence-corrected chi connectivity index (χ1v) is 4.92. The van der Waals surface area contributed by atoms with Crippen LogP contribution < -0.4 is 5.73 Å². The lowest BCUT2D eigenvalue weighted by Crippen LogP contribution is -2.15. The second-order valence-electron chi connectivity index (χ2n) is 2.69. The molecule has 7 N–H and O–H groups in total. The van der Waals surface area contributed by atoms with Gasteiger partial charge >= 0.3 is 5.97 Å². The van der Waals surface area contributed by atoms with Gasteiger partial charge in [0, 0.05) is 6.61 Å². The molecule has 0 aliphatic heterocycles. The molecule has 100 valence electrons. The minimum absolute atomic E-state index is 0.278. The molecule has 0 unspecified atom stereocenters. The summed E-state index contributed by atoms with van der Waals surface area (Å²) in [6.45, 7) is 1.39. The molecule has 0 spiro atoms. The molecule has 0 saturated heterocycles. The molecule has 0 aliphatic rings. The third-order valence-electron chi connectivity index (χ3n) is 1.11. The molecular formula is C9H23NO6. The highest BCUT2D eigenvalue weighted by Crippen LogP contribution is 1.78. The van der Waals surface area contributed by atoms with Crippen LogP contribution in [0.15, 0.2) is 0 Å². The molecule has 7 heteroatoms. The highest BCUT2D eigenvalue weighted by atomic mass is 16.4. The van der Waals surface area contributed by atoms with E-state index in [1.807, 2.05) is 0 Å². The standard InChI is InChI=1S/C4H10O.C3H8O3.C2H5NO2/c1-2-3-4-5;4-1-3(6)2-5;3-1-2(4)5/h5H,2-4H2,1H3;3-6H,1-2H2;1,3H2,(H,4,5). The number of carboxylic acids is 1. The molecule has 0 aromatic heterocycles. The van der Waals surface area contributed by atoms with Gasteiger partial charge in [-0.2, -0.15) is 0 Å². The summed E-state index contributed by atoms with van der Waals surface area (Å²) in [6, 6.07) is 0. The number of aliphatic carboxylic acids is 1. The van der Waals surface area contributed by atoms with Crippen LogP contribution in [0.3, 0.4) is 0 Å². The fourth-order valence-electron chi connectivity index (χ4n) is 0.216. The zero-order valence-electron chi connectivity index (χ0n) is 9.54. The van der Waals surface area contributed by atoms with Crippen molar-refractivity contribution in [1.82, 2.24) is 0 Å². The quantitative estimate of drug-likeness (QED) is 0.331. The molecule has 0 rings (SSSR count). The maximum atomic E-state index is 9.24. The van der Waals surface area contributed by atoms with E-state index >= 15 is 0 Å². The van der Waals surface area contributed by atoms with Crippen molar-refractivity contribution in [2.75, 3.05) is 26.4 Å². The van der Waals surface area contributed by atoms with E-state index in [4.69, 9.17) is 25.5 Å². The number of unbranched alkanes of at least 4 members (excludes halogenated alkanes) is 1. The Labute approximate surface area is 95.1 Å². The van der Waals surface area contributed by atoms with Crippen molar-refractivity contribution < 1.29 is 30.3 Å². The molecule has 0 saturated carbocycles. The van der Waals surface area contributed by atoms with Gasteiger partial charge in [-0.25, -0.2) is 0 Å². The van der Waals surface area contributed by atoms with Crippen molar-refractivity contribution in [3.63, 3.8) is 0 Å². The van der Waals surface area contributed by atoms with E-state index in [9.17, 15) is 4.79 Å². The predicted octanol–water partition coefficient (Wildman–Crippen LogP) is -1.86. The SMILES string of the molecule is CCCCO.NCC(=O)O.OCC(O)CO. The largest absolute Gasteiger partial charge is 0.480 e. The van der Waals surface area contributed by atoms with Crippen molar-refractivity contribution in [1.29, 1.82) is 0 Å². The topological polar surface area (TPSA) is 144 Å². The van der Waals surface area contributed by atoms with E-state index in [1.54, 1.807) is 0 Å². The van der Waals surface area contributed by atoms with E-state index in [0.29, 0.717) is 6.61 Å². The summed E-state index contributed by atoms with van der Waals surface area (Å²) in [4.78, 5) is 9.24. The number of carboxylic acid groups (broad SMARTS) is 1. The third-order valence-corrected chi connectivity index (χ3v) is 1.11. The molecule has 0 fully saturated rings. The lowest BCUT2D eigenvalue weighted by atomic mass is 10.4. The monoisotopic (exact) mass is 241 g/mol. The van der Waals surface area contributed by atoms with Crippen molar-refractivity contribution in [2.24, 2.45) is 5.73 Å². The van der Waals surface area contributed by atoms with Crippen LogP contribution in [0, 0.1) is 0 Å². The van der Waals surface area contributed by atoms with Gasteiger partial charge in [-0.15, -0.1) is 0 Å². The number of aliphatic hydroxyl groups excluding tert-OH is 4. The molecule has 7 nitrogen and oxygen atoms in total. The van der Waals surface area contributed by atoms with Crippen LogP contribution >= 0.6 is 0 Å². The highest BCUT2D eigenvalue weighted by molar-refractivity contribution is 5.68. The molecule has 0 aliphatic carbocycles. The normalized spacial score (nSPS) is 8.69. The van der Waals surface area contributed by atoms with Crippen LogP contribution in [0.5, 0.6) is 0 Å². The minimum Gasteiger partial charge on any atom is -0.480 e. The second-order valence-corrected chi connectivity index (χ2v) is 2.69. The van der Waals surface area contributed by atoms with Gasteiger partial charge in [-0.1, -0.05) is 13.3 Å². The molecule has 0 aromatic carbocycles. The summed E-state index contributed by atoms with van der Waals surface area (Å²) in [5, 5.41) is 39.7. The summed E-state index contributed by atoms with van der Waals surface area (Å²) in [6.07, 6.45) is 1.08. The average Bonchev–Trinajstić information content (AvgIpc) is 2.30. The Balaban J connectivity index is -0.000000160. The van der Waals surface area contributed by atoms with Gasteiger partial charge in [-0.3, -0.25) is 4.79 Å². The summed E-state index contributed by atoms with van der Waals surface area (Å²) >= 11 is 0.